The van der Waals surface area contributed by atoms with Crippen molar-refractivity contribution in [3.8, 4) is 0 Å². The van der Waals surface area contributed by atoms with E-state index in [1.165, 1.54) is 12.1 Å². The van der Waals surface area contributed by atoms with Crippen LogP contribution in [0.5, 0.6) is 0 Å². The van der Waals surface area contributed by atoms with Crippen LogP contribution >= 0.6 is 27.7 Å². The molecule has 2 N–H and O–H groups in total. The number of nitrogens with two attached hydrogens (primary N) is 1. The lowest BCUT2D eigenvalue weighted by molar-refractivity contribution is 0.624. The van der Waals surface area contributed by atoms with Crippen molar-refractivity contribution in [2.24, 2.45) is 5.73 Å². The minimum Gasteiger partial charge on any atom is -0.322 e. The van der Waals surface area contributed by atoms with E-state index in [9.17, 15) is 4.39 Å². The van der Waals surface area contributed by atoms with Gasteiger partial charge in [-0.15, -0.1) is 0 Å². The van der Waals surface area contributed by atoms with Crippen molar-refractivity contribution in [3.63, 3.8) is 0 Å². The van der Waals surface area contributed by atoms with Crippen LogP contribution in [-0.2, 0) is 6.42 Å². The fraction of sp³-hybridized carbons (Fsp3) is 0.200. The maximum Gasteiger partial charge on any atom is 0.124 e. The molecule has 3 nitrogen and oxygen atoms in total. The molecule has 1 aromatic heterocycles. The molecule has 0 aliphatic heterocycles. The average molecular weight is 302 g/mol. The van der Waals surface area contributed by atoms with E-state index >= 15 is 0 Å². The van der Waals surface area contributed by atoms with Gasteiger partial charge in [0.25, 0.3) is 0 Å². The van der Waals surface area contributed by atoms with Crippen molar-refractivity contribution in [2.75, 3.05) is 0 Å². The molecule has 16 heavy (non-hydrogen) atoms. The Balaban J connectivity index is 2.15. The summed E-state index contributed by atoms with van der Waals surface area (Å²) in [5.74, 6) is -0.264. The molecule has 0 aliphatic rings. The van der Waals surface area contributed by atoms with Gasteiger partial charge >= 0.3 is 0 Å². The van der Waals surface area contributed by atoms with Gasteiger partial charge < -0.3 is 5.73 Å². The lowest BCUT2D eigenvalue weighted by Gasteiger charge is -2.09. The van der Waals surface area contributed by atoms with E-state index in [1.54, 1.807) is 12.3 Å². The molecule has 6 heteroatoms. The largest absolute Gasteiger partial charge is 0.322 e. The lowest BCUT2D eigenvalue weighted by atomic mass is 10.0. The molecule has 84 valence electrons. The zero-order valence-corrected chi connectivity index (χ0v) is 10.6. The van der Waals surface area contributed by atoms with Gasteiger partial charge in [0.1, 0.15) is 5.82 Å². The Labute approximate surface area is 105 Å². The zero-order chi connectivity index (χ0) is 11.5. The molecule has 0 saturated carbocycles. The van der Waals surface area contributed by atoms with Crippen molar-refractivity contribution < 1.29 is 4.39 Å². The first-order chi connectivity index (χ1) is 7.66. The summed E-state index contributed by atoms with van der Waals surface area (Å²) in [6.45, 7) is 0. The van der Waals surface area contributed by atoms with Gasteiger partial charge in [0, 0.05) is 4.47 Å². The summed E-state index contributed by atoms with van der Waals surface area (Å²) in [6.07, 6.45) is 2.26. The highest BCUT2D eigenvalue weighted by Gasteiger charge is 2.12. The molecule has 1 heterocycles. The molecule has 2 rings (SSSR count). The summed E-state index contributed by atoms with van der Waals surface area (Å²) in [5.41, 5.74) is 7.69. The third-order valence-corrected chi connectivity index (χ3v) is 3.44. The first-order valence-corrected chi connectivity index (χ1v) is 6.16. The Bertz CT molecular complexity index is 475. The third kappa shape index (κ3) is 2.63. The Hall–Kier alpha value is -0.850. The molecule has 0 aliphatic carbocycles. The normalized spacial score (nSPS) is 12.7. The van der Waals surface area contributed by atoms with Gasteiger partial charge in [-0.05, 0) is 24.1 Å². The standard InChI is InChI=1S/C10H9BrFN3S/c11-8-4-7(12)2-1-6(8)3-9(13)10-5-14-16-15-10/h1-2,4-5,9H,3,13H2. The van der Waals surface area contributed by atoms with Crippen LogP contribution in [0.2, 0.25) is 0 Å². The fourth-order valence-electron chi connectivity index (χ4n) is 1.36. The minimum absolute atomic E-state index is 0.208. The summed E-state index contributed by atoms with van der Waals surface area (Å²) in [4.78, 5) is 0. The summed E-state index contributed by atoms with van der Waals surface area (Å²) in [7, 11) is 0. The van der Waals surface area contributed by atoms with Crippen LogP contribution in [0, 0.1) is 5.82 Å². The average Bonchev–Trinajstić information content (AvgIpc) is 2.75. The van der Waals surface area contributed by atoms with Gasteiger partial charge in [0.15, 0.2) is 0 Å². The van der Waals surface area contributed by atoms with Crippen molar-refractivity contribution in [2.45, 2.75) is 12.5 Å². The van der Waals surface area contributed by atoms with Gasteiger partial charge in [0.05, 0.1) is 29.7 Å². The molecule has 0 fully saturated rings. The second-order valence-corrected chi connectivity index (χ2v) is 4.79. The SMILES string of the molecule is NC(Cc1ccc(F)cc1Br)c1cnsn1. The highest BCUT2D eigenvalue weighted by molar-refractivity contribution is 9.10. The highest BCUT2D eigenvalue weighted by atomic mass is 79.9. The van der Waals surface area contributed by atoms with E-state index in [0.717, 1.165) is 27.5 Å². The van der Waals surface area contributed by atoms with E-state index in [2.05, 4.69) is 24.7 Å². The predicted molar refractivity (Wildman–Crippen MR) is 64.6 cm³/mol. The second kappa shape index (κ2) is 4.99. The Morgan fingerprint density at radius 3 is 2.94 bits per heavy atom. The Morgan fingerprint density at radius 1 is 1.50 bits per heavy atom. The molecule has 1 atom stereocenters. The Morgan fingerprint density at radius 2 is 2.31 bits per heavy atom. The number of hydrogen-bond acceptors (Lipinski definition) is 4. The number of nitrogens with zero attached hydrogens (tertiary/aromatic N) is 2. The smallest absolute Gasteiger partial charge is 0.124 e. The van der Waals surface area contributed by atoms with E-state index in [0.29, 0.717) is 6.42 Å². The van der Waals surface area contributed by atoms with E-state index in [4.69, 9.17) is 5.73 Å². The Kier molecular flexibility index (Phi) is 3.63. The second-order valence-electron chi connectivity index (χ2n) is 3.38. The summed E-state index contributed by atoms with van der Waals surface area (Å²) in [6, 6.07) is 4.37. The minimum atomic E-state index is -0.264. The van der Waals surface area contributed by atoms with Crippen molar-refractivity contribution >= 4 is 27.7 Å². The van der Waals surface area contributed by atoms with Gasteiger partial charge in [-0.25, -0.2) is 4.39 Å². The van der Waals surface area contributed by atoms with Crippen LogP contribution in [0.3, 0.4) is 0 Å². The molecular weight excluding hydrogens is 293 g/mol. The maximum atomic E-state index is 12.9. The fourth-order valence-corrected chi connectivity index (χ4v) is 2.36. The quantitative estimate of drug-likeness (QED) is 0.948. The molecule has 1 aromatic carbocycles. The molecule has 1 unspecified atom stereocenters. The van der Waals surface area contributed by atoms with E-state index < -0.39 is 0 Å². The highest BCUT2D eigenvalue weighted by Crippen LogP contribution is 2.22. The van der Waals surface area contributed by atoms with E-state index in [1.807, 2.05) is 0 Å². The van der Waals surface area contributed by atoms with E-state index in [-0.39, 0.29) is 11.9 Å². The zero-order valence-electron chi connectivity index (χ0n) is 8.23. The predicted octanol–water partition coefficient (Wildman–Crippen LogP) is 2.68. The molecule has 0 bridgehead atoms. The summed E-state index contributed by atoms with van der Waals surface area (Å²) >= 11 is 4.44. The summed E-state index contributed by atoms with van der Waals surface area (Å²) in [5, 5.41) is 0. The summed E-state index contributed by atoms with van der Waals surface area (Å²) < 4.78 is 21.6. The van der Waals surface area contributed by atoms with Gasteiger partial charge in [0.2, 0.25) is 0 Å². The van der Waals surface area contributed by atoms with Crippen molar-refractivity contribution in [1.82, 2.24) is 8.75 Å². The van der Waals surface area contributed by atoms with Crippen molar-refractivity contribution in [1.29, 1.82) is 0 Å². The molecular formula is C10H9BrFN3S. The number of rotatable bonds is 3. The monoisotopic (exact) mass is 301 g/mol. The maximum absolute atomic E-state index is 12.9. The van der Waals surface area contributed by atoms with Crippen LogP contribution in [0.25, 0.3) is 0 Å². The molecule has 0 radical (unpaired) electrons. The topological polar surface area (TPSA) is 51.8 Å². The molecule has 0 saturated heterocycles. The van der Waals surface area contributed by atoms with Crippen LogP contribution in [-0.4, -0.2) is 8.75 Å². The van der Waals surface area contributed by atoms with Crippen LogP contribution in [0.1, 0.15) is 17.3 Å². The van der Waals surface area contributed by atoms with Crippen molar-refractivity contribution in [3.05, 3.63) is 45.9 Å². The van der Waals surface area contributed by atoms with Gasteiger partial charge in [-0.2, -0.15) is 8.75 Å². The lowest BCUT2D eigenvalue weighted by Crippen LogP contribution is -2.13. The molecule has 0 amide bonds. The first-order valence-electron chi connectivity index (χ1n) is 4.64. The number of hydrogen-bond donors (Lipinski definition) is 1. The number of benzene rings is 1. The first kappa shape index (κ1) is 11.6. The van der Waals surface area contributed by atoms with Gasteiger partial charge in [-0.3, -0.25) is 0 Å². The number of aromatic nitrogens is 2. The third-order valence-electron chi connectivity index (χ3n) is 2.21. The van der Waals surface area contributed by atoms with Crippen LogP contribution in [0.15, 0.2) is 28.9 Å². The molecule has 0 spiro atoms. The van der Waals surface area contributed by atoms with Gasteiger partial charge in [-0.1, -0.05) is 22.0 Å². The molecule has 2 aromatic rings. The van der Waals surface area contributed by atoms with Crippen LogP contribution in [0.4, 0.5) is 4.39 Å². The van der Waals surface area contributed by atoms with Crippen LogP contribution < -0.4 is 5.73 Å². The number of halogens is 2.